The molecule has 0 bridgehead atoms. The van der Waals surface area contributed by atoms with Crippen LogP contribution in [-0.4, -0.2) is 18.1 Å². The lowest BCUT2D eigenvalue weighted by molar-refractivity contribution is -0.172. The van der Waals surface area contributed by atoms with E-state index in [4.69, 9.17) is 11.6 Å². The molecule has 0 unspecified atom stereocenters. The number of benzene rings is 1. The van der Waals surface area contributed by atoms with E-state index >= 15 is 0 Å². The summed E-state index contributed by atoms with van der Waals surface area (Å²) < 4.78 is 35.6. The smallest absolute Gasteiger partial charge is 0.307 e. The second kappa shape index (κ2) is 5.26. The minimum absolute atomic E-state index is 0.218. The number of carbonyl (C=O) groups excluding carboxylic acids is 2. The number of anilines is 1. The van der Waals surface area contributed by atoms with Gasteiger partial charge in [0.05, 0.1) is 0 Å². The van der Waals surface area contributed by atoms with Gasteiger partial charge in [-0.2, -0.15) is 13.2 Å². The normalized spacial score (nSPS) is 10.9. The Hall–Kier alpha value is -1.76. The van der Waals surface area contributed by atoms with E-state index in [2.05, 4.69) is 5.32 Å². The molecule has 0 atom stereocenters. The molecule has 0 heterocycles. The summed E-state index contributed by atoms with van der Waals surface area (Å²) in [5.41, 5.74) is 0.698. The maximum atomic E-state index is 11.9. The number of nitrogens with one attached hydrogen (secondary N) is 2. The number of amides is 3. The van der Waals surface area contributed by atoms with Gasteiger partial charge in [0.15, 0.2) is 0 Å². The predicted octanol–water partition coefficient (Wildman–Crippen LogP) is 2.86. The molecule has 0 aromatic heterocycles. The molecule has 1 aromatic carbocycles. The van der Waals surface area contributed by atoms with Crippen molar-refractivity contribution in [2.45, 2.75) is 13.1 Å². The summed E-state index contributed by atoms with van der Waals surface area (Å²) in [6.07, 6.45) is -5.11. The molecule has 0 aliphatic heterocycles. The second-order valence-electron chi connectivity index (χ2n) is 3.32. The van der Waals surface area contributed by atoms with Crippen LogP contribution in [0.5, 0.6) is 0 Å². The van der Waals surface area contributed by atoms with Crippen molar-refractivity contribution in [3.8, 4) is 0 Å². The number of hydrogen-bond donors (Lipinski definition) is 2. The summed E-state index contributed by atoms with van der Waals surface area (Å²) in [7, 11) is 0. The summed E-state index contributed by atoms with van der Waals surface area (Å²) in [5.74, 6) is -2.33. The van der Waals surface area contributed by atoms with Crippen LogP contribution in [0, 0.1) is 6.92 Å². The molecule has 18 heavy (non-hydrogen) atoms. The van der Waals surface area contributed by atoms with Gasteiger partial charge in [0.1, 0.15) is 0 Å². The number of carbonyl (C=O) groups is 2. The van der Waals surface area contributed by atoms with Crippen molar-refractivity contribution in [2.24, 2.45) is 0 Å². The molecule has 4 nitrogen and oxygen atoms in total. The average molecular weight is 281 g/mol. The van der Waals surface area contributed by atoms with Crippen LogP contribution in [0.3, 0.4) is 0 Å². The first-order valence-electron chi connectivity index (χ1n) is 4.66. The Morgan fingerprint density at radius 2 is 1.89 bits per heavy atom. The van der Waals surface area contributed by atoms with Crippen molar-refractivity contribution in [3.05, 3.63) is 28.8 Å². The number of hydrogen-bond acceptors (Lipinski definition) is 2. The maximum absolute atomic E-state index is 11.9. The van der Waals surface area contributed by atoms with E-state index in [1.54, 1.807) is 13.0 Å². The molecule has 0 aliphatic carbocycles. The van der Waals surface area contributed by atoms with Crippen molar-refractivity contribution in [1.82, 2.24) is 5.32 Å². The first kappa shape index (κ1) is 14.3. The molecule has 8 heteroatoms. The SMILES string of the molecule is Cc1c(Cl)cccc1NC(=O)NC(=O)C(F)(F)F. The van der Waals surface area contributed by atoms with Crippen LogP contribution in [0.15, 0.2) is 18.2 Å². The zero-order valence-corrected chi connectivity index (χ0v) is 9.82. The van der Waals surface area contributed by atoms with Gasteiger partial charge >= 0.3 is 18.1 Å². The molecule has 0 fully saturated rings. The van der Waals surface area contributed by atoms with Gasteiger partial charge in [0, 0.05) is 10.7 Å². The summed E-state index contributed by atoms with van der Waals surface area (Å²) in [6, 6.07) is 3.23. The Morgan fingerprint density at radius 1 is 1.28 bits per heavy atom. The van der Waals surface area contributed by atoms with Gasteiger partial charge in [-0.1, -0.05) is 17.7 Å². The summed E-state index contributed by atoms with van der Waals surface area (Å²) >= 11 is 5.76. The number of imide groups is 1. The molecule has 98 valence electrons. The van der Waals surface area contributed by atoms with Crippen molar-refractivity contribution in [1.29, 1.82) is 0 Å². The molecular weight excluding hydrogens is 273 g/mol. The minimum Gasteiger partial charge on any atom is -0.307 e. The number of alkyl halides is 3. The quantitative estimate of drug-likeness (QED) is 0.831. The van der Waals surface area contributed by atoms with Crippen LogP contribution in [0.25, 0.3) is 0 Å². The molecular formula is C10H8ClF3N2O2. The Bertz CT molecular complexity index is 489. The van der Waals surface area contributed by atoms with Crippen molar-refractivity contribution in [3.63, 3.8) is 0 Å². The van der Waals surface area contributed by atoms with Gasteiger partial charge < -0.3 is 5.32 Å². The first-order chi connectivity index (χ1) is 8.21. The van der Waals surface area contributed by atoms with E-state index in [-0.39, 0.29) is 5.69 Å². The zero-order chi connectivity index (χ0) is 13.9. The number of rotatable bonds is 1. The van der Waals surface area contributed by atoms with Crippen LogP contribution in [0.2, 0.25) is 5.02 Å². The van der Waals surface area contributed by atoms with Crippen LogP contribution in [0.1, 0.15) is 5.56 Å². The van der Waals surface area contributed by atoms with Gasteiger partial charge in [-0.25, -0.2) is 4.79 Å². The molecule has 1 aromatic rings. The van der Waals surface area contributed by atoms with Crippen LogP contribution >= 0.6 is 11.6 Å². The first-order valence-corrected chi connectivity index (χ1v) is 5.04. The van der Waals surface area contributed by atoms with Crippen molar-refractivity contribution < 1.29 is 22.8 Å². The minimum atomic E-state index is -5.11. The lowest BCUT2D eigenvalue weighted by Gasteiger charge is -2.10. The van der Waals surface area contributed by atoms with E-state index in [9.17, 15) is 22.8 Å². The van der Waals surface area contributed by atoms with Crippen molar-refractivity contribution in [2.75, 3.05) is 5.32 Å². The lowest BCUT2D eigenvalue weighted by Crippen LogP contribution is -2.42. The van der Waals surface area contributed by atoms with Crippen molar-refractivity contribution >= 4 is 29.2 Å². The van der Waals surface area contributed by atoms with E-state index in [1.165, 1.54) is 12.1 Å². The lowest BCUT2D eigenvalue weighted by atomic mass is 10.2. The third-order valence-electron chi connectivity index (χ3n) is 2.00. The van der Waals surface area contributed by atoms with Gasteiger partial charge in [-0.15, -0.1) is 0 Å². The highest BCUT2D eigenvalue weighted by Gasteiger charge is 2.39. The van der Waals surface area contributed by atoms with Crippen LogP contribution < -0.4 is 10.6 Å². The van der Waals surface area contributed by atoms with Gasteiger partial charge in [-0.3, -0.25) is 10.1 Å². The molecule has 2 N–H and O–H groups in total. The Balaban J connectivity index is 2.72. The molecule has 0 radical (unpaired) electrons. The molecule has 3 amide bonds. The van der Waals surface area contributed by atoms with Gasteiger partial charge in [-0.05, 0) is 24.6 Å². The summed E-state index contributed by atoms with van der Waals surface area (Å²) in [4.78, 5) is 21.6. The average Bonchev–Trinajstić information content (AvgIpc) is 2.23. The van der Waals surface area contributed by atoms with Gasteiger partial charge in [0.2, 0.25) is 0 Å². The molecule has 0 saturated heterocycles. The van der Waals surface area contributed by atoms with Crippen LogP contribution in [0.4, 0.5) is 23.7 Å². The fourth-order valence-corrected chi connectivity index (χ4v) is 1.24. The molecule has 1 rings (SSSR count). The summed E-state index contributed by atoms with van der Waals surface area (Å²) in [5, 5.41) is 3.60. The highest BCUT2D eigenvalue weighted by Crippen LogP contribution is 2.22. The standard InChI is InChI=1S/C10H8ClF3N2O2/c1-5-6(11)3-2-4-7(5)15-9(18)16-8(17)10(12,13)14/h2-4H,1H3,(H2,15,16,17,18). The third kappa shape index (κ3) is 3.63. The Morgan fingerprint density at radius 3 is 2.44 bits per heavy atom. The fourth-order valence-electron chi connectivity index (χ4n) is 1.07. The molecule has 0 saturated carbocycles. The largest absolute Gasteiger partial charge is 0.471 e. The predicted molar refractivity (Wildman–Crippen MR) is 59.4 cm³/mol. The highest BCUT2D eigenvalue weighted by molar-refractivity contribution is 6.31. The highest BCUT2D eigenvalue weighted by atomic mass is 35.5. The topological polar surface area (TPSA) is 58.2 Å². The molecule has 0 spiro atoms. The summed E-state index contributed by atoms with van der Waals surface area (Å²) in [6.45, 7) is 1.57. The van der Waals surface area contributed by atoms with E-state index in [0.29, 0.717) is 10.6 Å². The van der Waals surface area contributed by atoms with E-state index in [0.717, 1.165) is 5.32 Å². The number of halogens is 4. The maximum Gasteiger partial charge on any atom is 0.471 e. The number of urea groups is 1. The van der Waals surface area contributed by atoms with Gasteiger partial charge in [0.25, 0.3) is 0 Å². The Kier molecular flexibility index (Phi) is 4.18. The van der Waals surface area contributed by atoms with E-state index in [1.807, 2.05) is 0 Å². The third-order valence-corrected chi connectivity index (χ3v) is 2.41. The second-order valence-corrected chi connectivity index (χ2v) is 3.73. The van der Waals surface area contributed by atoms with E-state index < -0.39 is 18.1 Å². The monoisotopic (exact) mass is 280 g/mol. The zero-order valence-electron chi connectivity index (χ0n) is 9.06. The Labute approximate surface area is 105 Å². The fraction of sp³-hybridized carbons (Fsp3) is 0.200. The van der Waals surface area contributed by atoms with Crippen LogP contribution in [-0.2, 0) is 4.79 Å². The molecule has 0 aliphatic rings.